The molecule has 1 aromatic heterocycles. The predicted molar refractivity (Wildman–Crippen MR) is 91.7 cm³/mol. The Bertz CT molecular complexity index is 660. The number of carbonyl (C=O) groups excluding carboxylic acids is 1. The first-order chi connectivity index (χ1) is 10.5. The van der Waals surface area contributed by atoms with Crippen molar-refractivity contribution < 1.29 is 4.79 Å². The van der Waals surface area contributed by atoms with Crippen molar-refractivity contribution in [2.75, 3.05) is 6.54 Å². The second kappa shape index (κ2) is 7.90. The molecule has 0 fully saturated rings. The number of aromatic nitrogens is 2. The summed E-state index contributed by atoms with van der Waals surface area (Å²) in [6.07, 6.45) is 4.33. The van der Waals surface area contributed by atoms with E-state index in [1.807, 2.05) is 24.7 Å². The van der Waals surface area contributed by atoms with Crippen molar-refractivity contribution in [3.05, 3.63) is 46.5 Å². The minimum atomic E-state index is -0.252. The van der Waals surface area contributed by atoms with Crippen LogP contribution in [0, 0.1) is 0 Å². The van der Waals surface area contributed by atoms with Gasteiger partial charge in [-0.1, -0.05) is 23.2 Å². The molecule has 22 heavy (non-hydrogen) atoms. The van der Waals surface area contributed by atoms with Crippen LogP contribution in [-0.2, 0) is 18.3 Å². The van der Waals surface area contributed by atoms with Gasteiger partial charge in [-0.05, 0) is 25.1 Å². The lowest BCUT2D eigenvalue weighted by molar-refractivity contribution is -0.120. The van der Waals surface area contributed by atoms with E-state index in [2.05, 4.69) is 10.3 Å². The first-order valence-electron chi connectivity index (χ1n) is 6.83. The number of halogens is 2. The van der Waals surface area contributed by atoms with Crippen LogP contribution < -0.4 is 5.32 Å². The molecule has 7 heteroatoms. The molecule has 1 aromatic carbocycles. The number of amides is 1. The number of nitrogens with zero attached hydrogens (tertiary/aromatic N) is 2. The highest BCUT2D eigenvalue weighted by Gasteiger charge is 2.16. The van der Waals surface area contributed by atoms with Crippen LogP contribution in [0.3, 0.4) is 0 Å². The maximum Gasteiger partial charge on any atom is 0.233 e. The summed E-state index contributed by atoms with van der Waals surface area (Å²) in [4.78, 5) is 17.1. The number of imidazole rings is 1. The number of hydrogen-bond donors (Lipinski definition) is 1. The molecule has 2 rings (SSSR count). The quantitative estimate of drug-likeness (QED) is 0.803. The fourth-order valence-corrected chi connectivity index (χ4v) is 3.32. The molecule has 1 N–H and O–H groups in total. The molecule has 0 saturated carbocycles. The van der Waals surface area contributed by atoms with Crippen molar-refractivity contribution in [1.29, 1.82) is 0 Å². The Morgan fingerprint density at radius 3 is 2.91 bits per heavy atom. The Kier molecular flexibility index (Phi) is 6.17. The lowest BCUT2D eigenvalue weighted by Crippen LogP contribution is -2.32. The second-order valence-electron chi connectivity index (χ2n) is 4.83. The molecular weight excluding hydrogens is 341 g/mol. The SMILES string of the molecule is CC(Sc1cc(Cl)ccc1Cl)C(=O)NCCc1nccn1C. The van der Waals surface area contributed by atoms with Gasteiger partial charge in [-0.15, -0.1) is 11.8 Å². The van der Waals surface area contributed by atoms with E-state index < -0.39 is 0 Å². The summed E-state index contributed by atoms with van der Waals surface area (Å²) in [6.45, 7) is 2.40. The third-order valence-electron chi connectivity index (χ3n) is 3.14. The third-order valence-corrected chi connectivity index (χ3v) is 4.97. The van der Waals surface area contributed by atoms with Crippen molar-refractivity contribution in [3.63, 3.8) is 0 Å². The first-order valence-corrected chi connectivity index (χ1v) is 8.46. The van der Waals surface area contributed by atoms with Gasteiger partial charge in [0.1, 0.15) is 5.82 Å². The molecular formula is C15H17Cl2N3OS. The number of benzene rings is 1. The smallest absolute Gasteiger partial charge is 0.233 e. The standard InChI is InChI=1S/C15H17Cl2N3OS/c1-10(22-13-9-11(16)3-4-12(13)17)15(21)19-6-5-14-18-7-8-20(14)2/h3-4,7-10H,5-6H2,1-2H3,(H,19,21). The molecule has 0 radical (unpaired) electrons. The van der Waals surface area contributed by atoms with Gasteiger partial charge in [0.25, 0.3) is 0 Å². The fourth-order valence-electron chi connectivity index (χ4n) is 1.89. The van der Waals surface area contributed by atoms with Gasteiger partial charge < -0.3 is 9.88 Å². The van der Waals surface area contributed by atoms with Crippen LogP contribution in [0.25, 0.3) is 0 Å². The second-order valence-corrected chi connectivity index (χ2v) is 7.06. The highest BCUT2D eigenvalue weighted by Crippen LogP contribution is 2.32. The number of carbonyl (C=O) groups is 1. The Morgan fingerprint density at radius 2 is 2.23 bits per heavy atom. The van der Waals surface area contributed by atoms with Gasteiger partial charge in [0.05, 0.1) is 10.3 Å². The van der Waals surface area contributed by atoms with Gasteiger partial charge in [0.2, 0.25) is 5.91 Å². The van der Waals surface area contributed by atoms with Gasteiger partial charge >= 0.3 is 0 Å². The minimum Gasteiger partial charge on any atom is -0.355 e. The molecule has 118 valence electrons. The zero-order valence-electron chi connectivity index (χ0n) is 12.3. The van der Waals surface area contributed by atoms with Crippen LogP contribution in [0.2, 0.25) is 10.0 Å². The van der Waals surface area contributed by atoms with Crippen LogP contribution in [-0.4, -0.2) is 27.3 Å². The van der Waals surface area contributed by atoms with Gasteiger partial charge in [0.15, 0.2) is 0 Å². The number of rotatable bonds is 6. The van der Waals surface area contributed by atoms with E-state index in [1.54, 1.807) is 24.4 Å². The monoisotopic (exact) mass is 357 g/mol. The summed E-state index contributed by atoms with van der Waals surface area (Å²) in [5.41, 5.74) is 0. The van der Waals surface area contributed by atoms with E-state index in [1.165, 1.54) is 11.8 Å². The Labute approximate surface area is 144 Å². The number of thioether (sulfide) groups is 1. The molecule has 1 amide bonds. The molecule has 1 unspecified atom stereocenters. The van der Waals surface area contributed by atoms with Crippen LogP contribution in [0.1, 0.15) is 12.7 Å². The van der Waals surface area contributed by atoms with Crippen molar-refractivity contribution in [3.8, 4) is 0 Å². The van der Waals surface area contributed by atoms with E-state index in [9.17, 15) is 4.79 Å². The molecule has 0 aliphatic carbocycles. The summed E-state index contributed by atoms with van der Waals surface area (Å²) < 4.78 is 1.94. The Balaban J connectivity index is 1.84. The molecule has 1 atom stereocenters. The summed E-state index contributed by atoms with van der Waals surface area (Å²) in [5, 5.41) is 3.87. The van der Waals surface area contributed by atoms with Crippen molar-refractivity contribution in [2.24, 2.45) is 7.05 Å². The number of hydrogen-bond acceptors (Lipinski definition) is 3. The van der Waals surface area contributed by atoms with Crippen LogP contribution >= 0.6 is 35.0 Å². The largest absolute Gasteiger partial charge is 0.355 e. The normalized spacial score (nSPS) is 12.2. The van der Waals surface area contributed by atoms with E-state index in [4.69, 9.17) is 23.2 Å². The highest BCUT2D eigenvalue weighted by molar-refractivity contribution is 8.00. The van der Waals surface area contributed by atoms with Crippen molar-refractivity contribution >= 4 is 40.9 Å². The predicted octanol–water partition coefficient (Wildman–Crippen LogP) is 3.57. The van der Waals surface area contributed by atoms with Gasteiger partial charge in [0, 0.05) is 42.3 Å². The third kappa shape index (κ3) is 4.66. The number of nitrogens with one attached hydrogen (secondary N) is 1. The zero-order valence-corrected chi connectivity index (χ0v) is 14.7. The van der Waals surface area contributed by atoms with Gasteiger partial charge in [-0.2, -0.15) is 0 Å². The van der Waals surface area contributed by atoms with E-state index >= 15 is 0 Å². The van der Waals surface area contributed by atoms with Gasteiger partial charge in [-0.3, -0.25) is 4.79 Å². The average molecular weight is 358 g/mol. The molecule has 0 aliphatic rings. The minimum absolute atomic E-state index is 0.0322. The highest BCUT2D eigenvalue weighted by atomic mass is 35.5. The lowest BCUT2D eigenvalue weighted by Gasteiger charge is -2.13. The molecule has 4 nitrogen and oxygen atoms in total. The van der Waals surface area contributed by atoms with Crippen molar-refractivity contribution in [2.45, 2.75) is 23.5 Å². The number of aryl methyl sites for hydroxylation is 1. The van der Waals surface area contributed by atoms with E-state index in [0.717, 1.165) is 10.7 Å². The van der Waals surface area contributed by atoms with E-state index in [-0.39, 0.29) is 11.2 Å². The Hall–Kier alpha value is -1.17. The molecule has 0 bridgehead atoms. The lowest BCUT2D eigenvalue weighted by atomic mass is 10.3. The molecule has 0 aliphatic heterocycles. The molecule has 2 aromatic rings. The van der Waals surface area contributed by atoms with Crippen LogP contribution in [0.5, 0.6) is 0 Å². The summed E-state index contributed by atoms with van der Waals surface area (Å²) >= 11 is 13.5. The fraction of sp³-hybridized carbons (Fsp3) is 0.333. The maximum atomic E-state index is 12.1. The summed E-state index contributed by atoms with van der Waals surface area (Å²) in [6, 6.07) is 5.23. The maximum absolute atomic E-state index is 12.1. The van der Waals surface area contributed by atoms with E-state index in [0.29, 0.717) is 23.0 Å². The summed E-state index contributed by atoms with van der Waals surface area (Å²) in [7, 11) is 1.93. The average Bonchev–Trinajstić information content (AvgIpc) is 2.88. The van der Waals surface area contributed by atoms with Crippen LogP contribution in [0.15, 0.2) is 35.5 Å². The topological polar surface area (TPSA) is 46.9 Å². The Morgan fingerprint density at radius 1 is 1.45 bits per heavy atom. The van der Waals surface area contributed by atoms with Crippen LogP contribution in [0.4, 0.5) is 0 Å². The van der Waals surface area contributed by atoms with Crippen molar-refractivity contribution in [1.82, 2.24) is 14.9 Å². The first kappa shape index (κ1) is 17.2. The molecule has 0 spiro atoms. The molecule has 0 saturated heterocycles. The molecule has 1 heterocycles. The zero-order chi connectivity index (χ0) is 16.1. The summed E-state index contributed by atoms with van der Waals surface area (Å²) in [5.74, 6) is 0.911. The van der Waals surface area contributed by atoms with Gasteiger partial charge in [-0.25, -0.2) is 4.98 Å².